The molecule has 0 bridgehead atoms. The van der Waals surface area contributed by atoms with Gasteiger partial charge in [0.2, 0.25) is 0 Å². The maximum atomic E-state index is 2.72. The van der Waals surface area contributed by atoms with Crippen molar-refractivity contribution in [2.24, 2.45) is 11.8 Å². The van der Waals surface area contributed by atoms with Gasteiger partial charge in [0.1, 0.15) is 0 Å². The summed E-state index contributed by atoms with van der Waals surface area (Å²) in [6.45, 7) is 10.8. The normalized spacial score (nSPS) is 36.0. The maximum absolute atomic E-state index is 2.72. The van der Waals surface area contributed by atoms with Crippen molar-refractivity contribution in [3.63, 3.8) is 0 Å². The van der Waals surface area contributed by atoms with Gasteiger partial charge in [-0.15, -0.1) is 0 Å². The van der Waals surface area contributed by atoms with E-state index in [0.29, 0.717) is 5.54 Å². The van der Waals surface area contributed by atoms with E-state index >= 15 is 0 Å². The van der Waals surface area contributed by atoms with Gasteiger partial charge in [-0.1, -0.05) is 0 Å². The molecule has 2 rings (SSSR count). The van der Waals surface area contributed by atoms with Gasteiger partial charge in [0.25, 0.3) is 0 Å². The van der Waals surface area contributed by atoms with Crippen LogP contribution in [0.25, 0.3) is 0 Å². The van der Waals surface area contributed by atoms with Gasteiger partial charge >= 0.3 is 0 Å². The Hall–Kier alpha value is -0.0400. The van der Waals surface area contributed by atoms with Gasteiger partial charge in [-0.2, -0.15) is 0 Å². The molecular formula is C13H25N. The van der Waals surface area contributed by atoms with E-state index in [1.54, 1.807) is 0 Å². The molecule has 1 aliphatic heterocycles. The molecule has 14 heavy (non-hydrogen) atoms. The number of likely N-dealkylation sites (tertiary alicyclic amines) is 1. The minimum absolute atomic E-state index is 0.368. The molecule has 1 heterocycles. The van der Waals surface area contributed by atoms with Gasteiger partial charge in [-0.3, -0.25) is 4.90 Å². The maximum Gasteiger partial charge on any atom is 0.0127 e. The lowest BCUT2D eigenvalue weighted by atomic mass is 9.83. The highest BCUT2D eigenvalue weighted by Crippen LogP contribution is 2.44. The molecule has 0 aromatic heterocycles. The quantitative estimate of drug-likeness (QED) is 0.620. The van der Waals surface area contributed by atoms with Crippen molar-refractivity contribution in [1.82, 2.24) is 4.90 Å². The zero-order valence-electron chi connectivity index (χ0n) is 10.2. The minimum atomic E-state index is 0.368. The van der Waals surface area contributed by atoms with Crippen LogP contribution in [-0.2, 0) is 0 Å². The van der Waals surface area contributed by atoms with Gasteiger partial charge in [0.15, 0.2) is 0 Å². The fraction of sp³-hybridized carbons (Fsp3) is 1.00. The molecule has 1 heteroatoms. The standard InChI is InChI=1S/C13H25N/c1-10-12(11-7-8-11)6-5-9-14(10)13(2,3)4/h10-12H,5-9H2,1-4H3/t10-,12-/m1/s1. The summed E-state index contributed by atoms with van der Waals surface area (Å²) in [4.78, 5) is 2.72. The van der Waals surface area contributed by atoms with Crippen molar-refractivity contribution in [2.45, 2.75) is 65.0 Å². The summed E-state index contributed by atoms with van der Waals surface area (Å²) in [5, 5.41) is 0. The van der Waals surface area contributed by atoms with Gasteiger partial charge in [-0.05, 0) is 71.8 Å². The molecule has 1 aliphatic carbocycles. The molecule has 1 nitrogen and oxygen atoms in total. The molecule has 2 aliphatic rings. The first-order valence-electron chi connectivity index (χ1n) is 6.27. The van der Waals surface area contributed by atoms with Gasteiger partial charge in [0, 0.05) is 11.6 Å². The third-order valence-corrected chi connectivity index (χ3v) is 4.14. The predicted molar refractivity (Wildman–Crippen MR) is 61.4 cm³/mol. The van der Waals surface area contributed by atoms with Crippen molar-refractivity contribution >= 4 is 0 Å². The number of hydrogen-bond donors (Lipinski definition) is 0. The third-order valence-electron chi connectivity index (χ3n) is 4.14. The second-order valence-electron chi connectivity index (χ2n) is 6.25. The van der Waals surface area contributed by atoms with Crippen LogP contribution in [0.1, 0.15) is 53.4 Å². The highest BCUT2D eigenvalue weighted by molar-refractivity contribution is 4.94. The van der Waals surface area contributed by atoms with E-state index in [0.717, 1.165) is 17.9 Å². The van der Waals surface area contributed by atoms with Gasteiger partial charge < -0.3 is 0 Å². The molecule has 1 saturated carbocycles. The van der Waals surface area contributed by atoms with E-state index in [-0.39, 0.29) is 0 Å². The van der Waals surface area contributed by atoms with E-state index in [2.05, 4.69) is 32.6 Å². The second-order valence-corrected chi connectivity index (χ2v) is 6.25. The van der Waals surface area contributed by atoms with E-state index in [4.69, 9.17) is 0 Å². The van der Waals surface area contributed by atoms with Gasteiger partial charge in [-0.25, -0.2) is 0 Å². The second kappa shape index (κ2) is 3.52. The van der Waals surface area contributed by atoms with Crippen LogP contribution >= 0.6 is 0 Å². The lowest BCUT2D eigenvalue weighted by Gasteiger charge is -2.47. The van der Waals surface area contributed by atoms with Crippen molar-refractivity contribution in [3.8, 4) is 0 Å². The topological polar surface area (TPSA) is 3.24 Å². The number of rotatable bonds is 1. The summed E-state index contributed by atoms with van der Waals surface area (Å²) < 4.78 is 0. The van der Waals surface area contributed by atoms with E-state index in [1.165, 1.54) is 32.2 Å². The molecule has 0 N–H and O–H groups in total. The van der Waals surface area contributed by atoms with Crippen LogP contribution in [0.5, 0.6) is 0 Å². The van der Waals surface area contributed by atoms with E-state index < -0.39 is 0 Å². The molecule has 82 valence electrons. The zero-order chi connectivity index (χ0) is 10.3. The van der Waals surface area contributed by atoms with E-state index in [1.807, 2.05) is 0 Å². The monoisotopic (exact) mass is 195 g/mol. The Labute approximate surface area is 88.9 Å². The molecule has 1 saturated heterocycles. The van der Waals surface area contributed by atoms with Gasteiger partial charge in [0.05, 0.1) is 0 Å². The molecule has 0 radical (unpaired) electrons. The highest BCUT2D eigenvalue weighted by atomic mass is 15.2. The Balaban J connectivity index is 2.04. The molecule has 2 atom stereocenters. The Morgan fingerprint density at radius 2 is 1.71 bits per heavy atom. The van der Waals surface area contributed by atoms with Crippen LogP contribution in [-0.4, -0.2) is 23.0 Å². The summed E-state index contributed by atoms with van der Waals surface area (Å²) in [6, 6.07) is 0.816. The van der Waals surface area contributed by atoms with Crippen molar-refractivity contribution in [3.05, 3.63) is 0 Å². The van der Waals surface area contributed by atoms with Crippen LogP contribution in [0.4, 0.5) is 0 Å². The fourth-order valence-corrected chi connectivity index (χ4v) is 3.27. The molecule has 0 unspecified atom stereocenters. The summed E-state index contributed by atoms with van der Waals surface area (Å²) in [7, 11) is 0. The first kappa shape index (κ1) is 10.5. The highest BCUT2D eigenvalue weighted by Gasteiger charge is 2.41. The lowest BCUT2D eigenvalue weighted by Crippen LogP contribution is -2.53. The molecule has 0 aromatic carbocycles. The Morgan fingerprint density at radius 3 is 2.21 bits per heavy atom. The lowest BCUT2D eigenvalue weighted by molar-refractivity contribution is 0.0180. The Kier molecular flexibility index (Phi) is 2.63. The molecule has 2 fully saturated rings. The molecular weight excluding hydrogens is 170 g/mol. The first-order chi connectivity index (χ1) is 6.50. The van der Waals surface area contributed by atoms with Crippen LogP contribution in [0.3, 0.4) is 0 Å². The zero-order valence-corrected chi connectivity index (χ0v) is 10.2. The van der Waals surface area contributed by atoms with E-state index in [9.17, 15) is 0 Å². The average Bonchev–Trinajstić information content (AvgIpc) is 2.85. The minimum Gasteiger partial charge on any atom is -0.296 e. The first-order valence-corrected chi connectivity index (χ1v) is 6.27. The van der Waals surface area contributed by atoms with Crippen molar-refractivity contribution in [2.75, 3.05) is 6.54 Å². The molecule has 0 aromatic rings. The van der Waals surface area contributed by atoms with Crippen LogP contribution in [0.2, 0.25) is 0 Å². The van der Waals surface area contributed by atoms with Crippen molar-refractivity contribution < 1.29 is 0 Å². The van der Waals surface area contributed by atoms with Crippen molar-refractivity contribution in [1.29, 1.82) is 0 Å². The Morgan fingerprint density at radius 1 is 1.07 bits per heavy atom. The van der Waals surface area contributed by atoms with Crippen LogP contribution < -0.4 is 0 Å². The summed E-state index contributed by atoms with van der Waals surface area (Å²) in [6.07, 6.45) is 5.92. The largest absolute Gasteiger partial charge is 0.296 e. The fourth-order valence-electron chi connectivity index (χ4n) is 3.27. The summed E-state index contributed by atoms with van der Waals surface area (Å²) >= 11 is 0. The summed E-state index contributed by atoms with van der Waals surface area (Å²) in [5.41, 5.74) is 0.368. The molecule has 0 spiro atoms. The Bertz CT molecular complexity index is 200. The SMILES string of the molecule is C[C@@H]1[C@H](C2CC2)CCCN1C(C)(C)C. The average molecular weight is 195 g/mol. The molecule has 0 amide bonds. The number of piperidine rings is 1. The third kappa shape index (κ3) is 1.98. The number of hydrogen-bond acceptors (Lipinski definition) is 1. The number of nitrogens with zero attached hydrogens (tertiary/aromatic N) is 1. The smallest absolute Gasteiger partial charge is 0.0127 e. The predicted octanol–water partition coefficient (Wildman–Crippen LogP) is 3.30. The summed E-state index contributed by atoms with van der Waals surface area (Å²) in [5.74, 6) is 2.08. The van der Waals surface area contributed by atoms with Crippen LogP contribution in [0, 0.1) is 11.8 Å². The van der Waals surface area contributed by atoms with Crippen LogP contribution in [0.15, 0.2) is 0 Å².